The lowest BCUT2D eigenvalue weighted by Gasteiger charge is -2.02. The lowest BCUT2D eigenvalue weighted by Crippen LogP contribution is -2.06. The lowest BCUT2D eigenvalue weighted by atomic mass is 10.0. The summed E-state index contributed by atoms with van der Waals surface area (Å²) in [6.45, 7) is 1.71. The van der Waals surface area contributed by atoms with Gasteiger partial charge in [-0.1, -0.05) is 0 Å². The van der Waals surface area contributed by atoms with Crippen LogP contribution in [0.15, 0.2) is 24.4 Å². The largest absolute Gasteiger partial charge is 0.288 e. The summed E-state index contributed by atoms with van der Waals surface area (Å²) < 4.78 is 27.7. The Balaban J connectivity index is 2.47. The first-order chi connectivity index (χ1) is 8.00. The van der Waals surface area contributed by atoms with Crippen LogP contribution in [0.1, 0.15) is 21.6 Å². The average molecular weight is 236 g/mol. The monoisotopic (exact) mass is 236 g/mol. The third-order valence-electron chi connectivity index (χ3n) is 2.66. The minimum absolute atomic E-state index is 0.150. The molecule has 0 radical (unpaired) electrons. The summed E-state index contributed by atoms with van der Waals surface area (Å²) in [6, 6.07) is 2.89. The summed E-state index contributed by atoms with van der Waals surface area (Å²) in [5.74, 6) is -2.06. The number of carbonyl (C=O) groups excluding carboxylic acids is 1. The molecule has 0 fully saturated rings. The number of benzene rings is 1. The number of aromatic nitrogens is 2. The van der Waals surface area contributed by atoms with Gasteiger partial charge in [-0.05, 0) is 19.1 Å². The number of hydrogen-bond donors (Lipinski definition) is 0. The number of carbonyl (C=O) groups is 1. The molecular weight excluding hydrogens is 226 g/mol. The van der Waals surface area contributed by atoms with Crippen molar-refractivity contribution < 1.29 is 13.6 Å². The number of rotatable bonds is 2. The predicted molar refractivity (Wildman–Crippen MR) is 57.7 cm³/mol. The standard InChI is InChI=1S/C12H10F2N2O/c1-7-10(6-15-16(7)2)12(17)9-4-3-8(13)5-11(9)14/h3-6H,1-2H3. The van der Waals surface area contributed by atoms with Crippen LogP contribution in [0, 0.1) is 18.6 Å². The van der Waals surface area contributed by atoms with E-state index in [-0.39, 0.29) is 5.56 Å². The normalized spacial score (nSPS) is 10.6. The SMILES string of the molecule is Cc1c(C(=O)c2ccc(F)cc2F)cnn1C. The molecule has 17 heavy (non-hydrogen) atoms. The Labute approximate surface area is 96.7 Å². The van der Waals surface area contributed by atoms with Gasteiger partial charge in [0.1, 0.15) is 11.6 Å². The smallest absolute Gasteiger partial charge is 0.199 e. The van der Waals surface area contributed by atoms with E-state index in [2.05, 4.69) is 5.10 Å². The number of nitrogens with zero attached hydrogens (tertiary/aromatic N) is 2. The zero-order valence-corrected chi connectivity index (χ0v) is 9.37. The van der Waals surface area contributed by atoms with E-state index in [1.807, 2.05) is 0 Å². The van der Waals surface area contributed by atoms with E-state index in [0.29, 0.717) is 17.3 Å². The molecule has 2 rings (SSSR count). The topological polar surface area (TPSA) is 34.9 Å². The number of hydrogen-bond acceptors (Lipinski definition) is 2. The van der Waals surface area contributed by atoms with Crippen LogP contribution in [0.25, 0.3) is 0 Å². The molecule has 0 atom stereocenters. The van der Waals surface area contributed by atoms with Crippen molar-refractivity contribution in [1.29, 1.82) is 0 Å². The van der Waals surface area contributed by atoms with Crippen molar-refractivity contribution in [3.8, 4) is 0 Å². The summed E-state index contributed by atoms with van der Waals surface area (Å²) in [5.41, 5.74) is 0.805. The van der Waals surface area contributed by atoms with Gasteiger partial charge in [-0.15, -0.1) is 0 Å². The zero-order valence-electron chi connectivity index (χ0n) is 9.37. The second-order valence-corrected chi connectivity index (χ2v) is 3.72. The fourth-order valence-electron chi connectivity index (χ4n) is 1.54. The van der Waals surface area contributed by atoms with Crippen LogP contribution in [0.5, 0.6) is 0 Å². The number of ketones is 1. The molecule has 3 nitrogen and oxygen atoms in total. The summed E-state index contributed by atoms with van der Waals surface area (Å²) in [5, 5.41) is 3.91. The Bertz CT molecular complexity index is 590. The molecule has 88 valence electrons. The van der Waals surface area contributed by atoms with Gasteiger partial charge in [-0.3, -0.25) is 9.48 Å². The third kappa shape index (κ3) is 1.95. The van der Waals surface area contributed by atoms with Crippen molar-refractivity contribution in [2.45, 2.75) is 6.92 Å². The summed E-state index contributed by atoms with van der Waals surface area (Å²) >= 11 is 0. The molecule has 1 aromatic carbocycles. The van der Waals surface area contributed by atoms with E-state index in [1.165, 1.54) is 10.9 Å². The third-order valence-corrected chi connectivity index (χ3v) is 2.66. The fraction of sp³-hybridized carbons (Fsp3) is 0.167. The van der Waals surface area contributed by atoms with E-state index in [1.54, 1.807) is 14.0 Å². The molecule has 0 bridgehead atoms. The van der Waals surface area contributed by atoms with Crippen LogP contribution in [-0.4, -0.2) is 15.6 Å². The van der Waals surface area contributed by atoms with Gasteiger partial charge in [-0.25, -0.2) is 8.78 Å². The molecular formula is C12H10F2N2O. The molecule has 0 saturated heterocycles. The van der Waals surface area contributed by atoms with Gasteiger partial charge in [0, 0.05) is 18.8 Å². The highest BCUT2D eigenvalue weighted by molar-refractivity contribution is 6.09. The van der Waals surface area contributed by atoms with Crippen LogP contribution in [0.2, 0.25) is 0 Å². The van der Waals surface area contributed by atoms with Gasteiger partial charge in [0.2, 0.25) is 0 Å². The van der Waals surface area contributed by atoms with Gasteiger partial charge < -0.3 is 0 Å². The van der Waals surface area contributed by atoms with Crippen molar-refractivity contribution in [2.75, 3.05) is 0 Å². The Hall–Kier alpha value is -2.04. The Morgan fingerprint density at radius 1 is 1.29 bits per heavy atom. The Morgan fingerprint density at radius 2 is 2.00 bits per heavy atom. The Morgan fingerprint density at radius 3 is 2.53 bits per heavy atom. The van der Waals surface area contributed by atoms with Crippen molar-refractivity contribution >= 4 is 5.78 Å². The molecule has 0 unspecified atom stereocenters. The number of halogens is 2. The highest BCUT2D eigenvalue weighted by Gasteiger charge is 2.18. The van der Waals surface area contributed by atoms with Crippen molar-refractivity contribution in [3.05, 3.63) is 52.9 Å². The minimum Gasteiger partial charge on any atom is -0.288 e. The molecule has 0 spiro atoms. The van der Waals surface area contributed by atoms with Crippen molar-refractivity contribution in [2.24, 2.45) is 7.05 Å². The molecule has 0 aliphatic carbocycles. The minimum atomic E-state index is -0.863. The second-order valence-electron chi connectivity index (χ2n) is 3.72. The van der Waals surface area contributed by atoms with E-state index in [4.69, 9.17) is 0 Å². The van der Waals surface area contributed by atoms with E-state index < -0.39 is 17.4 Å². The van der Waals surface area contributed by atoms with Crippen LogP contribution in [0.3, 0.4) is 0 Å². The fourth-order valence-corrected chi connectivity index (χ4v) is 1.54. The predicted octanol–water partition coefficient (Wildman–Crippen LogP) is 2.24. The Kier molecular flexibility index (Phi) is 2.75. The highest BCUT2D eigenvalue weighted by atomic mass is 19.1. The maximum absolute atomic E-state index is 13.4. The summed E-state index contributed by atoms with van der Waals surface area (Å²) in [4.78, 5) is 12.0. The van der Waals surface area contributed by atoms with Crippen molar-refractivity contribution in [3.63, 3.8) is 0 Å². The molecule has 1 aromatic heterocycles. The van der Waals surface area contributed by atoms with Crippen LogP contribution in [-0.2, 0) is 7.05 Å². The molecule has 0 aliphatic rings. The molecule has 0 amide bonds. The summed E-state index contributed by atoms with van der Waals surface area (Å²) in [6.07, 6.45) is 1.38. The van der Waals surface area contributed by atoms with Gasteiger partial charge in [-0.2, -0.15) is 5.10 Å². The molecule has 2 aromatic rings. The first-order valence-electron chi connectivity index (χ1n) is 4.99. The maximum atomic E-state index is 13.4. The van der Waals surface area contributed by atoms with Gasteiger partial charge in [0.25, 0.3) is 0 Å². The van der Waals surface area contributed by atoms with Gasteiger partial charge >= 0.3 is 0 Å². The molecule has 0 saturated carbocycles. The van der Waals surface area contributed by atoms with E-state index in [9.17, 15) is 13.6 Å². The van der Waals surface area contributed by atoms with Gasteiger partial charge in [0.15, 0.2) is 5.78 Å². The zero-order chi connectivity index (χ0) is 12.6. The summed E-state index contributed by atoms with van der Waals surface area (Å²) in [7, 11) is 1.69. The molecule has 5 heteroatoms. The molecule has 0 N–H and O–H groups in total. The lowest BCUT2D eigenvalue weighted by molar-refractivity contribution is 0.103. The first kappa shape index (κ1) is 11.4. The quantitative estimate of drug-likeness (QED) is 0.749. The van der Waals surface area contributed by atoms with Crippen molar-refractivity contribution in [1.82, 2.24) is 9.78 Å². The van der Waals surface area contributed by atoms with Crippen LogP contribution >= 0.6 is 0 Å². The van der Waals surface area contributed by atoms with E-state index >= 15 is 0 Å². The van der Waals surface area contributed by atoms with Gasteiger partial charge in [0.05, 0.1) is 17.3 Å². The molecule has 0 aliphatic heterocycles. The van der Waals surface area contributed by atoms with E-state index in [0.717, 1.165) is 12.1 Å². The highest BCUT2D eigenvalue weighted by Crippen LogP contribution is 2.16. The average Bonchev–Trinajstić information content (AvgIpc) is 2.59. The maximum Gasteiger partial charge on any atom is 0.199 e. The number of aryl methyl sites for hydroxylation is 1. The molecule has 1 heterocycles. The van der Waals surface area contributed by atoms with Crippen LogP contribution in [0.4, 0.5) is 8.78 Å². The second kappa shape index (κ2) is 4.08. The first-order valence-corrected chi connectivity index (χ1v) is 4.99. The van der Waals surface area contributed by atoms with Crippen LogP contribution < -0.4 is 0 Å².